The second kappa shape index (κ2) is 8.48. The van der Waals surface area contributed by atoms with Crippen LogP contribution in [0.4, 0.5) is 4.79 Å². The van der Waals surface area contributed by atoms with Gasteiger partial charge in [0, 0.05) is 18.5 Å². The lowest BCUT2D eigenvalue weighted by molar-refractivity contribution is -0.156. The van der Waals surface area contributed by atoms with Crippen LogP contribution in [-0.2, 0) is 14.3 Å². The van der Waals surface area contributed by atoms with Gasteiger partial charge in [-0.2, -0.15) is 0 Å². The monoisotopic (exact) mass is 379 g/mol. The zero-order valence-electron chi connectivity index (χ0n) is 16.3. The first kappa shape index (κ1) is 20.0. The lowest BCUT2D eigenvalue weighted by Gasteiger charge is -2.57. The number of primary amides is 1. The first-order valence-electron chi connectivity index (χ1n) is 10.4. The standard InChI is InChI=1S/C20H33N3O4/c1-13(27-17(24)5-3-2-4-6-22-19(21)26)18(25)23-20-10-14-7-15(11-20)9-16(8-14)12-20/h13-16H,2-12H2,1H3,(H,23,25)(H3,21,22,26)/t13-,14?,15?,16?,20?/m0/s1. The Labute approximate surface area is 161 Å². The average Bonchev–Trinajstić information content (AvgIpc) is 2.56. The van der Waals surface area contributed by atoms with Gasteiger partial charge in [-0.3, -0.25) is 9.59 Å². The highest BCUT2D eigenvalue weighted by Crippen LogP contribution is 2.55. The summed E-state index contributed by atoms with van der Waals surface area (Å²) in [6.07, 6.45) is 9.01. The van der Waals surface area contributed by atoms with Gasteiger partial charge in [-0.05, 0) is 76.0 Å². The molecule has 4 aliphatic rings. The topological polar surface area (TPSA) is 111 Å². The average molecular weight is 380 g/mol. The van der Waals surface area contributed by atoms with E-state index in [4.69, 9.17) is 10.5 Å². The van der Waals surface area contributed by atoms with Crippen LogP contribution in [0, 0.1) is 17.8 Å². The van der Waals surface area contributed by atoms with E-state index in [9.17, 15) is 14.4 Å². The molecule has 4 aliphatic carbocycles. The molecular weight excluding hydrogens is 346 g/mol. The van der Waals surface area contributed by atoms with Crippen LogP contribution < -0.4 is 16.4 Å². The number of esters is 1. The van der Waals surface area contributed by atoms with E-state index < -0.39 is 12.1 Å². The molecule has 0 saturated heterocycles. The Morgan fingerprint density at radius 2 is 1.63 bits per heavy atom. The Kier molecular flexibility index (Phi) is 6.27. The highest BCUT2D eigenvalue weighted by atomic mass is 16.5. The minimum atomic E-state index is -0.748. The Morgan fingerprint density at radius 3 is 2.19 bits per heavy atom. The van der Waals surface area contributed by atoms with Crippen molar-refractivity contribution in [2.24, 2.45) is 23.5 Å². The van der Waals surface area contributed by atoms with Crippen LogP contribution in [0.25, 0.3) is 0 Å². The molecule has 3 amide bonds. The van der Waals surface area contributed by atoms with E-state index in [1.165, 1.54) is 19.3 Å². The van der Waals surface area contributed by atoms with Crippen molar-refractivity contribution in [3.8, 4) is 0 Å². The van der Waals surface area contributed by atoms with E-state index >= 15 is 0 Å². The van der Waals surface area contributed by atoms with Gasteiger partial charge in [0.2, 0.25) is 0 Å². The summed E-state index contributed by atoms with van der Waals surface area (Å²) in [4.78, 5) is 35.1. The first-order valence-corrected chi connectivity index (χ1v) is 10.4. The zero-order valence-corrected chi connectivity index (χ0v) is 16.3. The Hall–Kier alpha value is -1.79. The van der Waals surface area contributed by atoms with Gasteiger partial charge in [0.05, 0.1) is 0 Å². The van der Waals surface area contributed by atoms with Gasteiger partial charge < -0.3 is 21.1 Å². The summed E-state index contributed by atoms with van der Waals surface area (Å²) in [6, 6.07) is -0.534. The van der Waals surface area contributed by atoms with Crippen molar-refractivity contribution >= 4 is 17.9 Å². The maximum Gasteiger partial charge on any atom is 0.312 e. The van der Waals surface area contributed by atoms with Crippen LogP contribution in [0.5, 0.6) is 0 Å². The van der Waals surface area contributed by atoms with Crippen LogP contribution in [-0.4, -0.2) is 36.1 Å². The smallest absolute Gasteiger partial charge is 0.312 e. The van der Waals surface area contributed by atoms with E-state index in [1.807, 2.05) is 0 Å². The molecule has 0 spiro atoms. The summed E-state index contributed by atoms with van der Waals surface area (Å²) in [5.74, 6) is 1.79. The van der Waals surface area contributed by atoms with Crippen molar-refractivity contribution in [3.05, 3.63) is 0 Å². The van der Waals surface area contributed by atoms with Crippen LogP contribution in [0.2, 0.25) is 0 Å². The number of hydrogen-bond acceptors (Lipinski definition) is 4. The Balaban J connectivity index is 1.35. The zero-order chi connectivity index (χ0) is 19.4. The van der Waals surface area contributed by atoms with E-state index in [2.05, 4.69) is 10.6 Å². The number of ether oxygens (including phenoxy) is 1. The van der Waals surface area contributed by atoms with Crippen molar-refractivity contribution in [2.75, 3.05) is 6.54 Å². The van der Waals surface area contributed by atoms with Crippen molar-refractivity contribution in [1.29, 1.82) is 0 Å². The third-order valence-electron chi connectivity index (χ3n) is 6.46. The van der Waals surface area contributed by atoms with Gasteiger partial charge in [0.15, 0.2) is 6.10 Å². The SMILES string of the molecule is C[C@H](OC(=O)CCCCCNC(N)=O)C(=O)NC12CC3CC(CC(C3)C1)C2. The molecule has 4 N–H and O–H groups in total. The van der Waals surface area contributed by atoms with E-state index in [1.54, 1.807) is 6.92 Å². The highest BCUT2D eigenvalue weighted by molar-refractivity contribution is 5.84. The number of amides is 3. The quantitative estimate of drug-likeness (QED) is 0.421. The normalized spacial score (nSPS) is 32.0. The second-order valence-electron chi connectivity index (χ2n) is 8.92. The largest absolute Gasteiger partial charge is 0.453 e. The molecule has 0 aromatic heterocycles. The molecule has 4 saturated carbocycles. The van der Waals surface area contributed by atoms with Gasteiger partial charge in [-0.1, -0.05) is 6.42 Å². The minimum Gasteiger partial charge on any atom is -0.453 e. The Bertz CT molecular complexity index is 542. The fourth-order valence-electron chi connectivity index (χ4n) is 5.72. The number of rotatable bonds is 9. The molecular formula is C20H33N3O4. The third-order valence-corrected chi connectivity index (χ3v) is 6.46. The van der Waals surface area contributed by atoms with Gasteiger partial charge >= 0.3 is 12.0 Å². The van der Waals surface area contributed by atoms with Crippen molar-refractivity contribution in [1.82, 2.24) is 10.6 Å². The second-order valence-corrected chi connectivity index (χ2v) is 8.92. The number of carbonyl (C=O) groups excluding carboxylic acids is 3. The number of carbonyl (C=O) groups is 3. The van der Waals surface area contributed by atoms with Crippen LogP contribution in [0.15, 0.2) is 0 Å². The molecule has 7 nitrogen and oxygen atoms in total. The Morgan fingerprint density at radius 1 is 1.04 bits per heavy atom. The van der Waals surface area contributed by atoms with Crippen molar-refractivity contribution in [3.63, 3.8) is 0 Å². The molecule has 7 heteroatoms. The molecule has 0 radical (unpaired) electrons. The molecule has 0 unspecified atom stereocenters. The van der Waals surface area contributed by atoms with Gasteiger partial charge in [-0.15, -0.1) is 0 Å². The van der Waals surface area contributed by atoms with E-state index in [0.29, 0.717) is 13.0 Å². The summed E-state index contributed by atoms with van der Waals surface area (Å²) >= 11 is 0. The molecule has 4 bridgehead atoms. The fraction of sp³-hybridized carbons (Fsp3) is 0.850. The molecule has 1 atom stereocenters. The van der Waals surface area contributed by atoms with E-state index in [-0.39, 0.29) is 23.8 Å². The van der Waals surface area contributed by atoms with Gasteiger partial charge in [-0.25, -0.2) is 4.79 Å². The molecule has 0 aromatic rings. The maximum atomic E-state index is 12.6. The van der Waals surface area contributed by atoms with Crippen molar-refractivity contribution in [2.45, 2.75) is 82.8 Å². The molecule has 0 heterocycles. The number of urea groups is 1. The molecule has 0 aliphatic heterocycles. The minimum absolute atomic E-state index is 0.0556. The van der Waals surface area contributed by atoms with Crippen LogP contribution >= 0.6 is 0 Å². The first-order chi connectivity index (χ1) is 12.8. The number of nitrogens with two attached hydrogens (primary N) is 1. The summed E-state index contributed by atoms with van der Waals surface area (Å²) < 4.78 is 5.33. The number of unbranched alkanes of at least 4 members (excludes halogenated alkanes) is 2. The maximum absolute atomic E-state index is 12.6. The summed E-state index contributed by atoms with van der Waals surface area (Å²) in [6.45, 7) is 2.17. The van der Waals surface area contributed by atoms with Crippen LogP contribution in [0.1, 0.15) is 71.1 Å². The molecule has 4 rings (SSSR count). The predicted octanol–water partition coefficient (Wildman–Crippen LogP) is 2.23. The summed E-state index contributed by atoms with van der Waals surface area (Å²) in [5.41, 5.74) is 4.93. The molecule has 27 heavy (non-hydrogen) atoms. The lowest BCUT2D eigenvalue weighted by atomic mass is 9.53. The van der Waals surface area contributed by atoms with Gasteiger partial charge in [0.25, 0.3) is 5.91 Å². The summed E-state index contributed by atoms with van der Waals surface area (Å²) in [7, 11) is 0. The summed E-state index contributed by atoms with van der Waals surface area (Å²) in [5, 5.41) is 5.77. The number of hydrogen-bond donors (Lipinski definition) is 3. The highest BCUT2D eigenvalue weighted by Gasteiger charge is 2.51. The molecule has 0 aromatic carbocycles. The van der Waals surface area contributed by atoms with Crippen LogP contribution in [0.3, 0.4) is 0 Å². The molecule has 4 fully saturated rings. The van der Waals surface area contributed by atoms with Gasteiger partial charge in [0.1, 0.15) is 0 Å². The van der Waals surface area contributed by atoms with E-state index in [0.717, 1.165) is 49.9 Å². The van der Waals surface area contributed by atoms with Crippen molar-refractivity contribution < 1.29 is 19.1 Å². The number of nitrogens with one attached hydrogen (secondary N) is 2. The fourth-order valence-corrected chi connectivity index (χ4v) is 5.72. The molecule has 152 valence electrons. The third kappa shape index (κ3) is 5.36. The lowest BCUT2D eigenvalue weighted by Crippen LogP contribution is -2.61. The predicted molar refractivity (Wildman–Crippen MR) is 101 cm³/mol.